The Morgan fingerprint density at radius 2 is 1.90 bits per heavy atom. The molecule has 4 nitrogen and oxygen atoms in total. The first-order valence-electron chi connectivity index (χ1n) is 7.21. The van der Waals surface area contributed by atoms with Crippen LogP contribution in [-0.2, 0) is 11.3 Å². The summed E-state index contributed by atoms with van der Waals surface area (Å²) in [6.45, 7) is 1.93. The molecule has 3 rings (SSSR count). The van der Waals surface area contributed by atoms with E-state index in [1.807, 2.05) is 9.47 Å². The summed E-state index contributed by atoms with van der Waals surface area (Å²) in [6.07, 6.45) is 5.03. The first-order valence-corrected chi connectivity index (χ1v) is 7.59. The van der Waals surface area contributed by atoms with Crippen molar-refractivity contribution in [1.82, 2.24) is 9.47 Å². The van der Waals surface area contributed by atoms with Gasteiger partial charge in [0.15, 0.2) is 5.43 Å². The van der Waals surface area contributed by atoms with Gasteiger partial charge in [0.2, 0.25) is 5.91 Å². The van der Waals surface area contributed by atoms with E-state index in [9.17, 15) is 9.59 Å². The first-order chi connectivity index (χ1) is 10.1. The summed E-state index contributed by atoms with van der Waals surface area (Å²) in [4.78, 5) is 26.2. The smallest absolute Gasteiger partial charge is 0.242 e. The molecule has 0 radical (unpaired) electrons. The molecule has 1 fully saturated rings. The summed E-state index contributed by atoms with van der Waals surface area (Å²) in [7, 11) is 0. The molecule has 0 unspecified atom stereocenters. The fraction of sp³-hybridized carbons (Fsp3) is 0.375. The highest BCUT2D eigenvalue weighted by molar-refractivity contribution is 6.31. The van der Waals surface area contributed by atoms with E-state index in [1.54, 1.807) is 24.4 Å². The number of hydrogen-bond acceptors (Lipinski definition) is 2. The lowest BCUT2D eigenvalue weighted by atomic mass is 10.1. The summed E-state index contributed by atoms with van der Waals surface area (Å²) in [5.41, 5.74) is 0.673. The van der Waals surface area contributed by atoms with Crippen LogP contribution in [0, 0.1) is 0 Å². The Morgan fingerprint density at radius 3 is 2.67 bits per heavy atom. The molecule has 0 saturated carbocycles. The average molecular weight is 305 g/mol. The van der Waals surface area contributed by atoms with Crippen LogP contribution >= 0.6 is 11.6 Å². The number of benzene rings is 1. The molecule has 2 heterocycles. The minimum atomic E-state index is -0.0748. The van der Waals surface area contributed by atoms with E-state index in [1.165, 1.54) is 12.5 Å². The zero-order chi connectivity index (χ0) is 14.8. The van der Waals surface area contributed by atoms with Gasteiger partial charge in [-0.3, -0.25) is 9.59 Å². The van der Waals surface area contributed by atoms with E-state index >= 15 is 0 Å². The Bertz CT molecular complexity index is 733. The average Bonchev–Trinajstić information content (AvgIpc) is 2.51. The molecular formula is C16H17ClN2O2. The number of halogens is 1. The van der Waals surface area contributed by atoms with Crippen LogP contribution in [0.2, 0.25) is 5.02 Å². The largest absolute Gasteiger partial charge is 0.341 e. The Balaban J connectivity index is 1.92. The van der Waals surface area contributed by atoms with Crippen molar-refractivity contribution in [2.45, 2.75) is 25.8 Å². The van der Waals surface area contributed by atoms with Gasteiger partial charge < -0.3 is 9.47 Å². The quantitative estimate of drug-likeness (QED) is 0.856. The van der Waals surface area contributed by atoms with Crippen molar-refractivity contribution in [2.24, 2.45) is 0 Å². The summed E-state index contributed by atoms with van der Waals surface area (Å²) in [5.74, 6) is 0.106. The third-order valence-corrected chi connectivity index (χ3v) is 4.19. The van der Waals surface area contributed by atoms with Crippen molar-refractivity contribution in [1.29, 1.82) is 0 Å². The first kappa shape index (κ1) is 14.1. The molecule has 21 heavy (non-hydrogen) atoms. The van der Waals surface area contributed by atoms with E-state index in [-0.39, 0.29) is 17.9 Å². The molecule has 1 aliphatic heterocycles. The van der Waals surface area contributed by atoms with Crippen LogP contribution in [0.1, 0.15) is 19.3 Å². The van der Waals surface area contributed by atoms with Gasteiger partial charge in [0.1, 0.15) is 6.54 Å². The maximum absolute atomic E-state index is 12.4. The molecule has 1 aromatic carbocycles. The fourth-order valence-corrected chi connectivity index (χ4v) is 2.98. The highest BCUT2D eigenvalue weighted by atomic mass is 35.5. The van der Waals surface area contributed by atoms with Crippen molar-refractivity contribution < 1.29 is 4.79 Å². The molecular weight excluding hydrogens is 288 g/mol. The number of pyridine rings is 1. The number of likely N-dealkylation sites (tertiary alicyclic amines) is 1. The fourth-order valence-electron chi connectivity index (χ4n) is 2.81. The van der Waals surface area contributed by atoms with Crippen molar-refractivity contribution >= 4 is 28.4 Å². The van der Waals surface area contributed by atoms with Gasteiger partial charge in [0.05, 0.1) is 5.52 Å². The van der Waals surface area contributed by atoms with Crippen molar-refractivity contribution in [3.05, 3.63) is 45.7 Å². The van der Waals surface area contributed by atoms with Gasteiger partial charge in [-0.1, -0.05) is 11.6 Å². The van der Waals surface area contributed by atoms with Crippen LogP contribution in [-0.4, -0.2) is 28.5 Å². The lowest BCUT2D eigenvalue weighted by Crippen LogP contribution is -2.37. The number of nitrogens with zero attached hydrogens (tertiary/aromatic N) is 2. The standard InChI is InChI=1S/C16H17ClN2O2/c17-12-4-5-14-13(10-12)15(20)6-9-19(14)11-16(21)18-7-2-1-3-8-18/h4-6,9-10H,1-3,7-8,11H2. The molecule has 0 spiro atoms. The van der Waals surface area contributed by atoms with E-state index in [0.717, 1.165) is 31.4 Å². The van der Waals surface area contributed by atoms with Gasteiger partial charge in [-0.2, -0.15) is 0 Å². The molecule has 1 aromatic heterocycles. The second kappa shape index (κ2) is 5.90. The van der Waals surface area contributed by atoms with Crippen LogP contribution in [0.25, 0.3) is 10.9 Å². The molecule has 2 aromatic rings. The highest BCUT2D eigenvalue weighted by Crippen LogP contribution is 2.17. The van der Waals surface area contributed by atoms with Crippen molar-refractivity contribution in [3.63, 3.8) is 0 Å². The summed E-state index contributed by atoms with van der Waals surface area (Å²) in [5, 5.41) is 1.08. The predicted molar refractivity (Wildman–Crippen MR) is 83.6 cm³/mol. The third kappa shape index (κ3) is 2.95. The van der Waals surface area contributed by atoms with E-state index in [0.29, 0.717) is 10.4 Å². The number of fused-ring (bicyclic) bond motifs is 1. The number of hydrogen-bond donors (Lipinski definition) is 0. The molecule has 5 heteroatoms. The summed E-state index contributed by atoms with van der Waals surface area (Å²) >= 11 is 5.95. The maximum atomic E-state index is 12.4. The molecule has 0 atom stereocenters. The minimum Gasteiger partial charge on any atom is -0.341 e. The van der Waals surface area contributed by atoms with Gasteiger partial charge in [-0.05, 0) is 37.5 Å². The Hall–Kier alpha value is -1.81. The lowest BCUT2D eigenvalue weighted by molar-refractivity contribution is -0.132. The van der Waals surface area contributed by atoms with Gasteiger partial charge in [0, 0.05) is 35.8 Å². The van der Waals surface area contributed by atoms with Crippen LogP contribution in [0.4, 0.5) is 0 Å². The maximum Gasteiger partial charge on any atom is 0.242 e. The van der Waals surface area contributed by atoms with Crippen molar-refractivity contribution in [3.8, 4) is 0 Å². The van der Waals surface area contributed by atoms with Crippen LogP contribution in [0.3, 0.4) is 0 Å². The Morgan fingerprint density at radius 1 is 1.14 bits per heavy atom. The second-order valence-electron chi connectivity index (χ2n) is 5.41. The summed E-state index contributed by atoms with van der Waals surface area (Å²) < 4.78 is 1.82. The molecule has 0 aliphatic carbocycles. The Labute approximate surface area is 127 Å². The van der Waals surface area contributed by atoms with Gasteiger partial charge in [-0.15, -0.1) is 0 Å². The van der Waals surface area contributed by atoms with E-state index < -0.39 is 0 Å². The summed E-state index contributed by atoms with van der Waals surface area (Å²) in [6, 6.07) is 6.68. The normalized spacial score (nSPS) is 15.4. The van der Waals surface area contributed by atoms with Crippen molar-refractivity contribution in [2.75, 3.05) is 13.1 Å². The van der Waals surface area contributed by atoms with Crippen LogP contribution < -0.4 is 5.43 Å². The van der Waals surface area contributed by atoms with Gasteiger partial charge in [0.25, 0.3) is 0 Å². The zero-order valence-corrected chi connectivity index (χ0v) is 12.5. The van der Waals surface area contributed by atoms with E-state index in [4.69, 9.17) is 11.6 Å². The number of aromatic nitrogens is 1. The monoisotopic (exact) mass is 304 g/mol. The molecule has 0 bridgehead atoms. The van der Waals surface area contributed by atoms with Crippen LogP contribution in [0.5, 0.6) is 0 Å². The van der Waals surface area contributed by atoms with Crippen LogP contribution in [0.15, 0.2) is 35.3 Å². The minimum absolute atomic E-state index is 0.0748. The molecule has 1 amide bonds. The number of rotatable bonds is 2. The number of carbonyl (C=O) groups excluding carboxylic acids is 1. The number of piperidine rings is 1. The zero-order valence-electron chi connectivity index (χ0n) is 11.7. The Kier molecular flexibility index (Phi) is 3.97. The highest BCUT2D eigenvalue weighted by Gasteiger charge is 2.17. The lowest BCUT2D eigenvalue weighted by Gasteiger charge is -2.27. The van der Waals surface area contributed by atoms with E-state index in [2.05, 4.69) is 0 Å². The van der Waals surface area contributed by atoms with Gasteiger partial charge in [-0.25, -0.2) is 0 Å². The number of carbonyl (C=O) groups is 1. The second-order valence-corrected chi connectivity index (χ2v) is 5.85. The number of amides is 1. The molecule has 1 aliphatic rings. The molecule has 0 N–H and O–H groups in total. The SMILES string of the molecule is O=C(Cn1ccc(=O)c2cc(Cl)ccc21)N1CCCCC1. The van der Waals surface area contributed by atoms with Gasteiger partial charge >= 0.3 is 0 Å². The topological polar surface area (TPSA) is 42.3 Å². The molecule has 110 valence electrons. The predicted octanol–water partition coefficient (Wildman–Crippen LogP) is 2.67. The third-order valence-electron chi connectivity index (χ3n) is 3.95. The molecule has 1 saturated heterocycles.